The van der Waals surface area contributed by atoms with E-state index in [2.05, 4.69) is 37.5 Å². The maximum absolute atomic E-state index is 4.58. The Bertz CT molecular complexity index is 522. The molecule has 0 atom stereocenters. The summed E-state index contributed by atoms with van der Waals surface area (Å²) in [5.74, 6) is 0.853. The Morgan fingerprint density at radius 2 is 2.21 bits per heavy atom. The summed E-state index contributed by atoms with van der Waals surface area (Å²) in [5, 5.41) is 9.99. The van der Waals surface area contributed by atoms with Crippen molar-refractivity contribution >= 4 is 46.4 Å². The fourth-order valence-corrected chi connectivity index (χ4v) is 3.35. The molecule has 2 heterocycles. The number of piperidine rings is 1. The lowest BCUT2D eigenvalue weighted by molar-refractivity contribution is 0.225. The van der Waals surface area contributed by atoms with E-state index in [1.54, 1.807) is 11.3 Å². The van der Waals surface area contributed by atoms with Crippen LogP contribution in [0.15, 0.2) is 23.0 Å². The van der Waals surface area contributed by atoms with Crippen molar-refractivity contribution in [3.8, 4) is 0 Å². The molecular formula is C16H29IN6S. The molecule has 0 spiro atoms. The number of hydrogen-bond acceptors (Lipinski definition) is 5. The average molecular weight is 464 g/mol. The van der Waals surface area contributed by atoms with Crippen molar-refractivity contribution in [2.75, 3.05) is 45.7 Å². The van der Waals surface area contributed by atoms with Crippen LogP contribution >= 0.6 is 35.3 Å². The monoisotopic (exact) mass is 464 g/mol. The van der Waals surface area contributed by atoms with Gasteiger partial charge in [-0.3, -0.25) is 9.89 Å². The molecule has 0 radical (unpaired) electrons. The van der Waals surface area contributed by atoms with E-state index < -0.39 is 0 Å². The van der Waals surface area contributed by atoms with Gasteiger partial charge in [0.1, 0.15) is 0 Å². The van der Waals surface area contributed by atoms with Crippen molar-refractivity contribution in [2.24, 2.45) is 4.99 Å². The van der Waals surface area contributed by atoms with E-state index in [0.717, 1.165) is 49.3 Å². The zero-order chi connectivity index (χ0) is 16.7. The minimum Gasteiger partial charge on any atom is -0.354 e. The predicted octanol–water partition coefficient (Wildman–Crippen LogP) is 2.14. The molecule has 1 fully saturated rings. The van der Waals surface area contributed by atoms with E-state index in [-0.39, 0.29) is 24.0 Å². The zero-order valence-electron chi connectivity index (χ0n) is 14.8. The molecule has 2 N–H and O–H groups in total. The van der Waals surface area contributed by atoms with Crippen LogP contribution in [0.5, 0.6) is 0 Å². The highest BCUT2D eigenvalue weighted by atomic mass is 127. The maximum atomic E-state index is 4.58. The van der Waals surface area contributed by atoms with Crippen molar-refractivity contribution < 1.29 is 0 Å². The molecule has 0 aromatic carbocycles. The molecule has 1 aromatic rings. The molecule has 0 saturated carbocycles. The number of guanidine groups is 1. The Morgan fingerprint density at radius 3 is 2.75 bits per heavy atom. The summed E-state index contributed by atoms with van der Waals surface area (Å²) in [6.45, 7) is 7.70. The van der Waals surface area contributed by atoms with Gasteiger partial charge in [-0.1, -0.05) is 6.08 Å². The van der Waals surface area contributed by atoms with Crippen molar-refractivity contribution in [3.05, 3.63) is 23.7 Å². The summed E-state index contributed by atoms with van der Waals surface area (Å²) in [4.78, 5) is 13.4. The second-order valence-electron chi connectivity index (χ2n) is 5.95. The number of anilines is 1. The Balaban J connectivity index is 0.00000288. The van der Waals surface area contributed by atoms with Gasteiger partial charge in [0.25, 0.3) is 0 Å². The number of thiazole rings is 1. The van der Waals surface area contributed by atoms with Gasteiger partial charge in [0.05, 0.1) is 12.2 Å². The molecule has 1 saturated heterocycles. The third-order valence-electron chi connectivity index (χ3n) is 3.90. The highest BCUT2D eigenvalue weighted by Gasteiger charge is 2.19. The van der Waals surface area contributed by atoms with Crippen molar-refractivity contribution in [1.82, 2.24) is 20.5 Å². The molecule has 2 rings (SSSR count). The van der Waals surface area contributed by atoms with E-state index in [1.807, 2.05) is 32.1 Å². The highest BCUT2D eigenvalue weighted by Crippen LogP contribution is 2.17. The molecular weight excluding hydrogens is 435 g/mol. The summed E-state index contributed by atoms with van der Waals surface area (Å²) < 4.78 is 0. The summed E-state index contributed by atoms with van der Waals surface area (Å²) in [5.41, 5.74) is 1.04. The molecule has 0 amide bonds. The van der Waals surface area contributed by atoms with E-state index in [0.29, 0.717) is 12.6 Å². The van der Waals surface area contributed by atoms with Gasteiger partial charge in [0.15, 0.2) is 11.1 Å². The van der Waals surface area contributed by atoms with Crippen LogP contribution in [0.25, 0.3) is 0 Å². The zero-order valence-corrected chi connectivity index (χ0v) is 17.9. The van der Waals surface area contributed by atoms with Gasteiger partial charge in [-0.05, 0) is 12.8 Å². The van der Waals surface area contributed by atoms with Crippen LogP contribution in [-0.2, 0) is 6.54 Å². The highest BCUT2D eigenvalue weighted by molar-refractivity contribution is 14.0. The van der Waals surface area contributed by atoms with Crippen LogP contribution in [0, 0.1) is 0 Å². The van der Waals surface area contributed by atoms with Crippen molar-refractivity contribution in [3.63, 3.8) is 0 Å². The minimum atomic E-state index is 0. The number of nitrogens with one attached hydrogen (secondary N) is 2. The molecule has 24 heavy (non-hydrogen) atoms. The smallest absolute Gasteiger partial charge is 0.191 e. The van der Waals surface area contributed by atoms with Gasteiger partial charge in [0, 0.05) is 52.2 Å². The fourth-order valence-electron chi connectivity index (χ4n) is 2.59. The average Bonchev–Trinajstić information content (AvgIpc) is 3.02. The Morgan fingerprint density at radius 1 is 1.50 bits per heavy atom. The first-order valence-electron chi connectivity index (χ1n) is 8.04. The number of likely N-dealkylation sites (tertiary alicyclic amines) is 1. The third-order valence-corrected chi connectivity index (χ3v) is 4.96. The van der Waals surface area contributed by atoms with Crippen LogP contribution in [-0.4, -0.2) is 62.7 Å². The van der Waals surface area contributed by atoms with Crippen LogP contribution in [0.4, 0.5) is 5.13 Å². The molecule has 8 heteroatoms. The lowest BCUT2D eigenvalue weighted by Gasteiger charge is -2.32. The van der Waals surface area contributed by atoms with Crippen LogP contribution in [0.1, 0.15) is 18.5 Å². The summed E-state index contributed by atoms with van der Waals surface area (Å²) >= 11 is 1.66. The Hall–Kier alpha value is -0.870. The second kappa shape index (κ2) is 10.9. The molecule has 136 valence electrons. The molecule has 0 unspecified atom stereocenters. The van der Waals surface area contributed by atoms with Crippen molar-refractivity contribution in [1.29, 1.82) is 0 Å². The van der Waals surface area contributed by atoms with Crippen molar-refractivity contribution in [2.45, 2.75) is 25.4 Å². The standard InChI is InChI=1S/C16H28N6S.HI/c1-5-8-22-9-6-13(7-10-22)19-15(17-2)18-11-14-12-23-16(20-14)21(3)4;/h5,12-13H,1,6-11H2,2-4H3,(H2,17,18,19);1H. The van der Waals surface area contributed by atoms with Gasteiger partial charge in [0.2, 0.25) is 0 Å². The van der Waals surface area contributed by atoms with E-state index in [9.17, 15) is 0 Å². The Kier molecular flexibility index (Phi) is 9.60. The van der Waals surface area contributed by atoms with Gasteiger partial charge in [-0.15, -0.1) is 41.9 Å². The molecule has 1 aliphatic heterocycles. The lowest BCUT2D eigenvalue weighted by atomic mass is 10.1. The molecule has 1 aromatic heterocycles. The van der Waals surface area contributed by atoms with E-state index in [4.69, 9.17) is 0 Å². The number of rotatable bonds is 6. The third kappa shape index (κ3) is 6.56. The number of aliphatic imine (C=N–C) groups is 1. The number of aromatic nitrogens is 1. The number of nitrogens with zero attached hydrogens (tertiary/aromatic N) is 4. The lowest BCUT2D eigenvalue weighted by Crippen LogP contribution is -2.48. The molecule has 6 nitrogen and oxygen atoms in total. The van der Waals surface area contributed by atoms with Gasteiger partial charge >= 0.3 is 0 Å². The molecule has 1 aliphatic rings. The number of hydrogen-bond donors (Lipinski definition) is 2. The number of halogens is 1. The normalized spacial score (nSPS) is 16.4. The van der Waals surface area contributed by atoms with Crippen LogP contribution in [0.3, 0.4) is 0 Å². The minimum absolute atomic E-state index is 0. The van der Waals surface area contributed by atoms with E-state index >= 15 is 0 Å². The summed E-state index contributed by atoms with van der Waals surface area (Å²) in [6.07, 6.45) is 4.25. The van der Waals surface area contributed by atoms with Gasteiger partial charge in [-0.2, -0.15) is 0 Å². The molecule has 0 bridgehead atoms. The largest absolute Gasteiger partial charge is 0.354 e. The SMILES string of the molecule is C=CCN1CCC(NC(=NC)NCc2csc(N(C)C)n2)CC1.I. The van der Waals surface area contributed by atoms with Gasteiger partial charge in [-0.25, -0.2) is 4.98 Å². The topological polar surface area (TPSA) is 55.8 Å². The first-order valence-corrected chi connectivity index (χ1v) is 8.92. The van der Waals surface area contributed by atoms with Crippen LogP contribution in [0.2, 0.25) is 0 Å². The first kappa shape index (κ1) is 21.2. The predicted molar refractivity (Wildman–Crippen MR) is 115 cm³/mol. The second-order valence-corrected chi connectivity index (χ2v) is 6.79. The summed E-state index contributed by atoms with van der Waals surface area (Å²) in [7, 11) is 5.83. The fraction of sp³-hybridized carbons (Fsp3) is 0.625. The first-order chi connectivity index (χ1) is 11.1. The Labute approximate surface area is 166 Å². The maximum Gasteiger partial charge on any atom is 0.191 e. The summed E-state index contributed by atoms with van der Waals surface area (Å²) in [6, 6.07) is 0.482. The quantitative estimate of drug-likeness (QED) is 0.293. The van der Waals surface area contributed by atoms with Gasteiger partial charge < -0.3 is 15.5 Å². The van der Waals surface area contributed by atoms with Crippen LogP contribution < -0.4 is 15.5 Å². The molecule has 0 aliphatic carbocycles. The van der Waals surface area contributed by atoms with E-state index in [1.165, 1.54) is 0 Å².